The van der Waals surface area contributed by atoms with Crippen LogP contribution < -0.4 is 14.2 Å². The molecule has 244 valence electrons. The van der Waals surface area contributed by atoms with E-state index in [1.807, 2.05) is 0 Å². The molecule has 0 saturated heterocycles. The monoisotopic (exact) mass is 634 g/mol. The van der Waals surface area contributed by atoms with Crippen LogP contribution in [0.5, 0.6) is 23.0 Å². The number of fused-ring (bicyclic) bond motifs is 2. The van der Waals surface area contributed by atoms with Crippen LogP contribution in [0, 0.1) is 11.6 Å². The fourth-order valence-corrected chi connectivity index (χ4v) is 4.74. The van der Waals surface area contributed by atoms with Gasteiger partial charge in [0.1, 0.15) is 31.3 Å². The minimum Gasteiger partial charge on any atom is -0.485 e. The highest BCUT2D eigenvalue weighted by atomic mass is 19.1. The van der Waals surface area contributed by atoms with Gasteiger partial charge in [0.05, 0.1) is 5.56 Å². The molecule has 0 unspecified atom stereocenters. The molecular formula is C32H36F2O11. The van der Waals surface area contributed by atoms with Gasteiger partial charge >= 0.3 is 5.97 Å². The molecule has 13 heteroatoms. The number of rotatable bonds is 16. The first kappa shape index (κ1) is 34.0. The van der Waals surface area contributed by atoms with Gasteiger partial charge in [-0.25, -0.2) is 13.6 Å². The first-order chi connectivity index (χ1) is 21.8. The van der Waals surface area contributed by atoms with Gasteiger partial charge in [-0.05, 0) is 23.8 Å². The maximum absolute atomic E-state index is 15.5. The molecule has 0 bridgehead atoms. The fraction of sp³-hybridized carbons (Fsp3) is 0.406. The maximum Gasteiger partial charge on any atom is 0.338 e. The normalized spacial score (nSPS) is 12.7. The first-order valence-electron chi connectivity index (χ1n) is 13.8. The van der Waals surface area contributed by atoms with Crippen molar-refractivity contribution >= 4 is 5.97 Å². The molecule has 0 atom stereocenters. The third-order valence-corrected chi connectivity index (χ3v) is 7.14. The van der Waals surface area contributed by atoms with Crippen LogP contribution in [0.1, 0.15) is 33.0 Å². The van der Waals surface area contributed by atoms with Gasteiger partial charge in [0.2, 0.25) is 0 Å². The number of hydrogen-bond donors (Lipinski definition) is 0. The van der Waals surface area contributed by atoms with Crippen LogP contribution in [0.25, 0.3) is 0 Å². The van der Waals surface area contributed by atoms with Gasteiger partial charge in [-0.1, -0.05) is 18.2 Å². The Kier molecular flexibility index (Phi) is 12.0. The van der Waals surface area contributed by atoms with E-state index in [1.54, 1.807) is 24.3 Å². The summed E-state index contributed by atoms with van der Waals surface area (Å²) < 4.78 is 84.7. The highest BCUT2D eigenvalue weighted by molar-refractivity contribution is 5.92. The van der Waals surface area contributed by atoms with E-state index in [-0.39, 0.29) is 48.4 Å². The molecule has 0 fully saturated rings. The van der Waals surface area contributed by atoms with Crippen molar-refractivity contribution in [1.82, 2.24) is 0 Å². The van der Waals surface area contributed by atoms with Gasteiger partial charge in [-0.2, -0.15) is 0 Å². The largest absolute Gasteiger partial charge is 0.485 e. The number of benzene rings is 3. The molecule has 1 heterocycles. The summed E-state index contributed by atoms with van der Waals surface area (Å²) in [7, 11) is 8.55. The molecule has 45 heavy (non-hydrogen) atoms. The highest BCUT2D eigenvalue weighted by Gasteiger charge is 2.35. The lowest BCUT2D eigenvalue weighted by Crippen LogP contribution is -2.24. The quantitative estimate of drug-likeness (QED) is 0.122. The van der Waals surface area contributed by atoms with E-state index in [1.165, 1.54) is 66.9 Å². The van der Waals surface area contributed by atoms with Gasteiger partial charge in [-0.15, -0.1) is 0 Å². The first-order valence-corrected chi connectivity index (χ1v) is 13.8. The van der Waals surface area contributed by atoms with Crippen LogP contribution in [0.2, 0.25) is 0 Å². The molecule has 0 saturated carbocycles. The van der Waals surface area contributed by atoms with Crippen LogP contribution in [-0.4, -0.2) is 87.3 Å². The minimum atomic E-state index is -0.864. The molecule has 3 aromatic rings. The SMILES string of the molecule is COC(COC(=O)c1ccccc1C1c2cc(F)c(OCC(OC)OC)cc2Oc2cc(OCC(OC)OC)c(F)cc21)OC. The fourth-order valence-electron chi connectivity index (χ4n) is 4.74. The number of hydrogen-bond acceptors (Lipinski definition) is 11. The lowest BCUT2D eigenvalue weighted by molar-refractivity contribution is -0.129. The summed E-state index contributed by atoms with van der Waals surface area (Å²) in [5, 5.41) is 0. The van der Waals surface area contributed by atoms with Crippen molar-refractivity contribution in [1.29, 1.82) is 0 Å². The molecule has 0 spiro atoms. The van der Waals surface area contributed by atoms with Gasteiger partial charge in [0.15, 0.2) is 42.0 Å². The van der Waals surface area contributed by atoms with Crippen molar-refractivity contribution < 1.29 is 60.9 Å². The van der Waals surface area contributed by atoms with Gasteiger partial charge in [0.25, 0.3) is 0 Å². The standard InChI is InChI=1S/C32H36F2O11/c1-36-28(37-2)15-42-26-13-24-20(11-22(26)33)31(18-9-7-8-10-19(18)32(35)44-17-30(40-5)41-6)21-12-23(34)27(14-25(21)45-24)43-16-29(38-3)39-4/h7-14,28-31H,15-17H2,1-6H3. The number of halogens is 2. The Balaban J connectivity index is 1.81. The van der Waals surface area contributed by atoms with Crippen LogP contribution in [0.4, 0.5) is 8.78 Å². The smallest absolute Gasteiger partial charge is 0.338 e. The summed E-state index contributed by atoms with van der Waals surface area (Å²) in [6, 6.07) is 11.8. The summed E-state index contributed by atoms with van der Waals surface area (Å²) in [5.41, 5.74) is 1.22. The summed E-state index contributed by atoms with van der Waals surface area (Å²) in [6.07, 6.45) is -2.26. The Morgan fingerprint density at radius 2 is 1.11 bits per heavy atom. The number of carbonyl (C=O) groups is 1. The molecule has 0 N–H and O–H groups in total. The van der Waals surface area contributed by atoms with Crippen LogP contribution in [-0.2, 0) is 33.2 Å². The molecule has 1 aliphatic heterocycles. The topological polar surface area (TPSA) is 109 Å². The zero-order valence-corrected chi connectivity index (χ0v) is 25.8. The van der Waals surface area contributed by atoms with E-state index in [2.05, 4.69) is 0 Å². The summed E-state index contributed by atoms with van der Waals surface area (Å²) in [6.45, 7) is -0.394. The minimum absolute atomic E-state index is 0.106. The van der Waals surface area contributed by atoms with Crippen LogP contribution in [0.3, 0.4) is 0 Å². The van der Waals surface area contributed by atoms with E-state index < -0.39 is 42.4 Å². The number of esters is 1. The molecule has 0 amide bonds. The van der Waals surface area contributed by atoms with E-state index in [0.717, 1.165) is 0 Å². The molecule has 11 nitrogen and oxygen atoms in total. The van der Waals surface area contributed by atoms with Crippen molar-refractivity contribution in [3.8, 4) is 23.0 Å². The molecule has 0 aromatic heterocycles. The lowest BCUT2D eigenvalue weighted by Gasteiger charge is -2.31. The third kappa shape index (κ3) is 7.87. The Morgan fingerprint density at radius 3 is 1.58 bits per heavy atom. The molecule has 1 aliphatic rings. The van der Waals surface area contributed by atoms with Gasteiger partial charge in [0, 0.05) is 71.8 Å². The van der Waals surface area contributed by atoms with E-state index in [0.29, 0.717) is 16.7 Å². The average Bonchev–Trinajstić information content (AvgIpc) is 3.05. The van der Waals surface area contributed by atoms with Crippen LogP contribution in [0.15, 0.2) is 48.5 Å². The zero-order chi connectivity index (χ0) is 32.5. The van der Waals surface area contributed by atoms with Gasteiger partial charge < -0.3 is 47.4 Å². The van der Waals surface area contributed by atoms with Gasteiger partial charge in [-0.3, -0.25) is 0 Å². The number of methoxy groups -OCH3 is 6. The molecular weight excluding hydrogens is 598 g/mol. The highest BCUT2D eigenvalue weighted by Crippen LogP contribution is 2.51. The Hall–Kier alpha value is -3.85. The third-order valence-electron chi connectivity index (χ3n) is 7.14. The van der Waals surface area contributed by atoms with Crippen molar-refractivity contribution in [3.05, 3.63) is 82.4 Å². The zero-order valence-electron chi connectivity index (χ0n) is 25.8. The summed E-state index contributed by atoms with van der Waals surface area (Å²) in [4.78, 5) is 13.3. The molecule has 0 radical (unpaired) electrons. The predicted octanol–water partition coefficient (Wildman–Crippen LogP) is 5.02. The number of ether oxygens (including phenoxy) is 10. The van der Waals surface area contributed by atoms with Crippen molar-refractivity contribution in [2.24, 2.45) is 0 Å². The van der Waals surface area contributed by atoms with Crippen molar-refractivity contribution in [2.45, 2.75) is 24.8 Å². The second kappa shape index (κ2) is 15.9. The van der Waals surface area contributed by atoms with E-state index in [9.17, 15) is 4.79 Å². The number of carbonyl (C=O) groups excluding carboxylic acids is 1. The van der Waals surface area contributed by atoms with Crippen LogP contribution >= 0.6 is 0 Å². The lowest BCUT2D eigenvalue weighted by atomic mass is 9.80. The average molecular weight is 635 g/mol. The second-order valence-electron chi connectivity index (χ2n) is 9.69. The summed E-state index contributed by atoms with van der Waals surface area (Å²) >= 11 is 0. The Labute approximate surface area is 259 Å². The van der Waals surface area contributed by atoms with E-state index in [4.69, 9.17) is 47.4 Å². The Morgan fingerprint density at radius 1 is 0.667 bits per heavy atom. The van der Waals surface area contributed by atoms with Crippen molar-refractivity contribution in [2.75, 3.05) is 62.5 Å². The van der Waals surface area contributed by atoms with E-state index >= 15 is 8.78 Å². The predicted molar refractivity (Wildman–Crippen MR) is 155 cm³/mol. The molecule has 3 aromatic carbocycles. The Bertz CT molecular complexity index is 1370. The second-order valence-corrected chi connectivity index (χ2v) is 9.69. The molecule has 0 aliphatic carbocycles. The van der Waals surface area contributed by atoms with Crippen molar-refractivity contribution in [3.63, 3.8) is 0 Å². The molecule has 4 rings (SSSR count). The summed E-state index contributed by atoms with van der Waals surface area (Å²) in [5.74, 6) is -2.82. The maximum atomic E-state index is 15.5.